The molecule has 14 heavy (non-hydrogen) atoms. The second-order valence-electron chi connectivity index (χ2n) is 2.92. The molecule has 0 saturated heterocycles. The molecule has 0 amide bonds. The summed E-state index contributed by atoms with van der Waals surface area (Å²) < 4.78 is 0.620. The van der Waals surface area contributed by atoms with E-state index in [9.17, 15) is 0 Å². The van der Waals surface area contributed by atoms with Crippen LogP contribution in [0, 0.1) is 6.92 Å². The molecule has 0 fully saturated rings. The van der Waals surface area contributed by atoms with Crippen LogP contribution in [0.2, 0.25) is 0 Å². The number of aryl methyl sites for hydroxylation is 1. The highest BCUT2D eigenvalue weighted by Crippen LogP contribution is 2.25. The molecule has 1 aromatic carbocycles. The molecule has 0 spiro atoms. The molecular formula is C11H12S3. The molecule has 0 bridgehead atoms. The number of benzene rings is 1. The van der Waals surface area contributed by atoms with Crippen LogP contribution in [0.15, 0.2) is 30.3 Å². The molecule has 0 N–H and O–H groups in total. The lowest BCUT2D eigenvalue weighted by molar-refractivity contribution is 1.46. The van der Waals surface area contributed by atoms with Crippen molar-refractivity contribution in [1.29, 1.82) is 0 Å². The lowest BCUT2D eigenvalue weighted by atomic mass is 10.1. The predicted molar refractivity (Wildman–Crippen MR) is 74.3 cm³/mol. The first kappa shape index (κ1) is 11.8. The van der Waals surface area contributed by atoms with E-state index in [2.05, 4.69) is 43.8 Å². The number of thiol groups is 1. The van der Waals surface area contributed by atoms with Gasteiger partial charge in [0.1, 0.15) is 0 Å². The number of thiocarbonyl (C=S) groups is 1. The molecule has 0 aliphatic heterocycles. The monoisotopic (exact) mass is 240 g/mol. The Balaban J connectivity index is 3.01. The first-order valence-corrected chi connectivity index (χ1v) is 6.27. The van der Waals surface area contributed by atoms with Gasteiger partial charge in [-0.15, -0.1) is 24.4 Å². The van der Waals surface area contributed by atoms with Crippen LogP contribution in [-0.4, -0.2) is 10.5 Å². The van der Waals surface area contributed by atoms with Gasteiger partial charge < -0.3 is 0 Å². The minimum Gasteiger partial charge on any atom is -0.132 e. The molecule has 0 nitrogen and oxygen atoms in total. The van der Waals surface area contributed by atoms with Crippen molar-refractivity contribution in [1.82, 2.24) is 0 Å². The average Bonchev–Trinajstić information content (AvgIpc) is 2.15. The molecule has 0 saturated carbocycles. The van der Waals surface area contributed by atoms with Crippen molar-refractivity contribution >= 4 is 45.7 Å². The van der Waals surface area contributed by atoms with E-state index in [4.69, 9.17) is 12.2 Å². The third-order valence-electron chi connectivity index (χ3n) is 1.81. The fourth-order valence-electron chi connectivity index (χ4n) is 1.09. The Hall–Kier alpha value is -0.250. The molecule has 0 heterocycles. The Bertz CT molecular complexity index is 349. The van der Waals surface area contributed by atoms with Gasteiger partial charge in [-0.1, -0.05) is 42.0 Å². The van der Waals surface area contributed by atoms with Crippen LogP contribution in [0.3, 0.4) is 0 Å². The van der Waals surface area contributed by atoms with Crippen molar-refractivity contribution in [2.75, 3.05) is 6.26 Å². The van der Waals surface area contributed by atoms with E-state index in [1.54, 1.807) is 11.8 Å². The minimum absolute atomic E-state index is 0.620. The van der Waals surface area contributed by atoms with Crippen molar-refractivity contribution < 1.29 is 0 Å². The average molecular weight is 240 g/mol. The second kappa shape index (κ2) is 5.59. The minimum atomic E-state index is 0.620. The Morgan fingerprint density at radius 2 is 1.93 bits per heavy atom. The molecule has 1 aromatic rings. The molecule has 0 aliphatic rings. The van der Waals surface area contributed by atoms with Gasteiger partial charge in [0, 0.05) is 4.91 Å². The summed E-state index contributed by atoms with van der Waals surface area (Å²) in [6.45, 7) is 2.08. The van der Waals surface area contributed by atoms with Gasteiger partial charge in [-0.2, -0.15) is 0 Å². The van der Waals surface area contributed by atoms with Crippen molar-refractivity contribution in [3.63, 3.8) is 0 Å². The van der Waals surface area contributed by atoms with Crippen LogP contribution in [0.5, 0.6) is 0 Å². The smallest absolute Gasteiger partial charge is 0.0686 e. The van der Waals surface area contributed by atoms with E-state index >= 15 is 0 Å². The van der Waals surface area contributed by atoms with Crippen molar-refractivity contribution in [3.8, 4) is 0 Å². The summed E-state index contributed by atoms with van der Waals surface area (Å²) in [4.78, 5) is 1.16. The van der Waals surface area contributed by atoms with E-state index in [0.717, 1.165) is 4.91 Å². The quantitative estimate of drug-likeness (QED) is 0.482. The van der Waals surface area contributed by atoms with Gasteiger partial charge in [0.05, 0.1) is 4.20 Å². The van der Waals surface area contributed by atoms with Crippen LogP contribution in [-0.2, 0) is 0 Å². The van der Waals surface area contributed by atoms with Crippen LogP contribution in [0.25, 0.3) is 4.91 Å². The maximum atomic E-state index is 4.94. The molecule has 74 valence electrons. The van der Waals surface area contributed by atoms with E-state index < -0.39 is 0 Å². The van der Waals surface area contributed by atoms with Gasteiger partial charge in [0.15, 0.2) is 0 Å². The number of thioether (sulfide) groups is 1. The fourth-order valence-corrected chi connectivity index (χ4v) is 2.11. The van der Waals surface area contributed by atoms with E-state index in [1.807, 2.05) is 12.3 Å². The van der Waals surface area contributed by atoms with Crippen LogP contribution in [0.1, 0.15) is 11.1 Å². The van der Waals surface area contributed by atoms with E-state index in [0.29, 0.717) is 4.20 Å². The number of hydrogen-bond acceptors (Lipinski definition) is 2. The Labute approximate surface area is 100 Å². The summed E-state index contributed by atoms with van der Waals surface area (Å²) in [6, 6.07) is 8.40. The lowest BCUT2D eigenvalue weighted by Gasteiger charge is -2.04. The zero-order chi connectivity index (χ0) is 10.6. The van der Waals surface area contributed by atoms with Crippen LogP contribution < -0.4 is 0 Å². The van der Waals surface area contributed by atoms with Gasteiger partial charge in [-0.05, 0) is 24.8 Å². The summed E-state index contributed by atoms with van der Waals surface area (Å²) in [6.07, 6.45) is 3.95. The molecule has 3 heteroatoms. The molecule has 0 aromatic heterocycles. The van der Waals surface area contributed by atoms with Crippen LogP contribution in [0.4, 0.5) is 0 Å². The van der Waals surface area contributed by atoms with Crippen LogP contribution >= 0.6 is 36.6 Å². The van der Waals surface area contributed by atoms with Gasteiger partial charge in [0.25, 0.3) is 0 Å². The summed E-state index contributed by atoms with van der Waals surface area (Å²) >= 11 is 10.7. The van der Waals surface area contributed by atoms with Gasteiger partial charge >= 0.3 is 0 Å². The normalized spacial score (nSPS) is 11.5. The van der Waals surface area contributed by atoms with Crippen molar-refractivity contribution in [2.24, 2.45) is 0 Å². The first-order valence-electron chi connectivity index (χ1n) is 4.19. The summed E-state index contributed by atoms with van der Waals surface area (Å²) in [5.74, 6) is 0. The first-order chi connectivity index (χ1) is 6.63. The molecule has 1 rings (SSSR count). The SMILES string of the molecule is CS/C(=C\C(=S)S)c1ccc(C)cc1. The molecule has 0 unspecified atom stereocenters. The van der Waals surface area contributed by atoms with E-state index in [1.165, 1.54) is 11.1 Å². The summed E-state index contributed by atoms with van der Waals surface area (Å²) in [5.41, 5.74) is 2.46. The van der Waals surface area contributed by atoms with Crippen molar-refractivity contribution in [2.45, 2.75) is 6.92 Å². The van der Waals surface area contributed by atoms with Gasteiger partial charge in [-0.25, -0.2) is 0 Å². The topological polar surface area (TPSA) is 0 Å². The summed E-state index contributed by atoms with van der Waals surface area (Å²) in [5, 5.41) is 0. The number of rotatable bonds is 3. The number of hydrogen-bond donors (Lipinski definition) is 1. The van der Waals surface area contributed by atoms with Gasteiger partial charge in [-0.3, -0.25) is 0 Å². The van der Waals surface area contributed by atoms with E-state index in [-0.39, 0.29) is 0 Å². The maximum Gasteiger partial charge on any atom is 0.0686 e. The highest BCUT2D eigenvalue weighted by molar-refractivity contribution is 8.12. The molecular weight excluding hydrogens is 228 g/mol. The highest BCUT2D eigenvalue weighted by atomic mass is 32.2. The third kappa shape index (κ3) is 3.48. The standard InChI is InChI=1S/C11H12S3/c1-8-3-5-9(6-4-8)10(14-2)7-11(12)13/h3-7H,1-2H3,(H,12,13)/b10-7-. The predicted octanol–water partition coefficient (Wildman–Crippen LogP) is 3.96. The molecule has 0 aliphatic carbocycles. The third-order valence-corrected chi connectivity index (χ3v) is 2.85. The zero-order valence-corrected chi connectivity index (χ0v) is 10.7. The Kier molecular flexibility index (Phi) is 4.72. The lowest BCUT2D eigenvalue weighted by Crippen LogP contribution is -1.83. The van der Waals surface area contributed by atoms with Crippen molar-refractivity contribution in [3.05, 3.63) is 41.5 Å². The molecule has 0 radical (unpaired) electrons. The molecule has 0 atom stereocenters. The maximum absolute atomic E-state index is 4.94. The van der Waals surface area contributed by atoms with Gasteiger partial charge in [0.2, 0.25) is 0 Å². The fraction of sp³-hybridized carbons (Fsp3) is 0.182. The summed E-state index contributed by atoms with van der Waals surface area (Å²) in [7, 11) is 0. The zero-order valence-electron chi connectivity index (χ0n) is 8.15. The second-order valence-corrected chi connectivity index (χ2v) is 4.99. The Morgan fingerprint density at radius 3 is 2.36 bits per heavy atom. The Morgan fingerprint density at radius 1 is 1.36 bits per heavy atom. The highest BCUT2D eigenvalue weighted by Gasteiger charge is 1.99. The largest absolute Gasteiger partial charge is 0.132 e.